The van der Waals surface area contributed by atoms with Crippen molar-refractivity contribution in [1.29, 1.82) is 0 Å². The second kappa shape index (κ2) is 18.4. The molecule has 0 aromatic carbocycles. The van der Waals surface area contributed by atoms with Crippen LogP contribution in [0.5, 0.6) is 0 Å². The Morgan fingerprint density at radius 2 is 0.956 bits per heavy atom. The van der Waals surface area contributed by atoms with Crippen molar-refractivity contribution in [3.63, 3.8) is 0 Å². The number of hydrogen-bond donors (Lipinski definition) is 1. The maximum absolute atomic E-state index is 13.0. The van der Waals surface area contributed by atoms with Gasteiger partial charge in [0.25, 0.3) is 0 Å². The second-order valence-corrected chi connectivity index (χ2v) is 14.6. The number of carbonyl (C=O) groups is 4. The van der Waals surface area contributed by atoms with Crippen molar-refractivity contribution in [3.8, 4) is 12.3 Å². The summed E-state index contributed by atoms with van der Waals surface area (Å²) in [5.74, 6) is 2.47. The highest BCUT2D eigenvalue weighted by atomic mass is 16.6. The molecule has 45 heavy (non-hydrogen) atoms. The third kappa shape index (κ3) is 22.5. The standard InChI is InChI=1S/C33H58N4O8/c1-14-20-35(27(39)43-31(5,6)7)24-18-25-37(29(41)45-33(11,12)13)22-16-15-21-36(28(40)44-32(8,9)10)23-17-19-34-26(38)42-30(2,3)4/h1,15-16H,17-25H2,2-13H3,(H,34,38). The van der Waals surface area contributed by atoms with Gasteiger partial charge in [-0.15, -0.1) is 6.42 Å². The smallest absolute Gasteiger partial charge is 0.411 e. The van der Waals surface area contributed by atoms with Crippen molar-refractivity contribution >= 4 is 24.4 Å². The number of terminal acetylenes is 1. The van der Waals surface area contributed by atoms with Gasteiger partial charge in [-0.3, -0.25) is 4.90 Å². The largest absolute Gasteiger partial charge is 0.444 e. The summed E-state index contributed by atoms with van der Waals surface area (Å²) in [6.07, 6.45) is 7.86. The fraction of sp³-hybridized carbons (Fsp3) is 0.758. The Hall–Kier alpha value is -3.62. The molecule has 0 heterocycles. The van der Waals surface area contributed by atoms with Crippen LogP contribution in [-0.2, 0) is 18.9 Å². The third-order valence-electron chi connectivity index (χ3n) is 5.18. The molecule has 0 rings (SSSR count). The zero-order valence-corrected chi connectivity index (χ0v) is 29.7. The molecule has 0 fully saturated rings. The molecule has 1 N–H and O–H groups in total. The summed E-state index contributed by atoms with van der Waals surface area (Å²) in [7, 11) is 0. The van der Waals surface area contributed by atoms with Crippen LogP contribution >= 0.6 is 0 Å². The quantitative estimate of drug-likeness (QED) is 0.110. The number of amides is 4. The lowest BCUT2D eigenvalue weighted by Gasteiger charge is -2.29. The van der Waals surface area contributed by atoms with Crippen LogP contribution < -0.4 is 5.32 Å². The summed E-state index contributed by atoms with van der Waals surface area (Å²) >= 11 is 0. The van der Waals surface area contributed by atoms with Crippen molar-refractivity contribution in [3.05, 3.63) is 12.2 Å². The highest BCUT2D eigenvalue weighted by molar-refractivity contribution is 5.70. The molecule has 0 radical (unpaired) electrons. The molecule has 0 aliphatic carbocycles. The van der Waals surface area contributed by atoms with E-state index in [0.717, 1.165) is 0 Å². The van der Waals surface area contributed by atoms with E-state index < -0.39 is 46.8 Å². The lowest BCUT2D eigenvalue weighted by Crippen LogP contribution is -2.41. The Balaban J connectivity index is 5.45. The molecule has 0 saturated heterocycles. The molecule has 4 amide bonds. The minimum absolute atomic E-state index is 0.0784. The Morgan fingerprint density at radius 1 is 0.600 bits per heavy atom. The number of nitrogens with one attached hydrogen (secondary N) is 1. The maximum atomic E-state index is 13.0. The van der Waals surface area contributed by atoms with Gasteiger partial charge in [-0.2, -0.15) is 0 Å². The molecule has 0 bridgehead atoms. The molecular formula is C33H58N4O8. The second-order valence-electron chi connectivity index (χ2n) is 14.6. The predicted molar refractivity (Wildman–Crippen MR) is 175 cm³/mol. The van der Waals surface area contributed by atoms with Crippen LogP contribution in [0, 0.1) is 12.3 Å². The predicted octanol–water partition coefficient (Wildman–Crippen LogP) is 6.19. The first-order valence-electron chi connectivity index (χ1n) is 15.4. The van der Waals surface area contributed by atoms with Crippen LogP contribution in [0.2, 0.25) is 0 Å². The fourth-order valence-corrected chi connectivity index (χ4v) is 3.47. The summed E-state index contributed by atoms with van der Waals surface area (Å²) in [6.45, 7) is 23.1. The minimum Gasteiger partial charge on any atom is -0.444 e. The van der Waals surface area contributed by atoms with E-state index in [4.69, 9.17) is 25.4 Å². The first kappa shape index (κ1) is 41.4. The number of rotatable bonds is 13. The van der Waals surface area contributed by atoms with Crippen LogP contribution in [0.1, 0.15) is 95.9 Å². The van der Waals surface area contributed by atoms with Crippen LogP contribution in [0.4, 0.5) is 19.2 Å². The average molecular weight is 639 g/mol. The van der Waals surface area contributed by atoms with Crippen LogP contribution in [-0.4, -0.2) is 107 Å². The Bertz CT molecular complexity index is 1020. The highest BCUT2D eigenvalue weighted by Gasteiger charge is 2.25. The molecule has 0 aliphatic heterocycles. The summed E-state index contributed by atoms with van der Waals surface area (Å²) in [6, 6.07) is 0. The maximum Gasteiger partial charge on any atom is 0.411 e. The summed E-state index contributed by atoms with van der Waals surface area (Å²) in [4.78, 5) is 54.9. The van der Waals surface area contributed by atoms with Crippen LogP contribution in [0.25, 0.3) is 0 Å². The van der Waals surface area contributed by atoms with Gasteiger partial charge >= 0.3 is 24.4 Å². The van der Waals surface area contributed by atoms with E-state index in [2.05, 4.69) is 11.2 Å². The van der Waals surface area contributed by atoms with Gasteiger partial charge in [-0.1, -0.05) is 18.1 Å². The van der Waals surface area contributed by atoms with Crippen molar-refractivity contribution in [2.24, 2.45) is 0 Å². The van der Waals surface area contributed by atoms with Crippen molar-refractivity contribution in [1.82, 2.24) is 20.0 Å². The average Bonchev–Trinajstić information content (AvgIpc) is 2.81. The lowest BCUT2D eigenvalue weighted by molar-refractivity contribution is 0.0223. The zero-order valence-electron chi connectivity index (χ0n) is 29.7. The Morgan fingerprint density at radius 3 is 1.33 bits per heavy atom. The lowest BCUT2D eigenvalue weighted by atomic mass is 10.2. The van der Waals surface area contributed by atoms with Crippen molar-refractivity contribution in [2.45, 2.75) is 118 Å². The van der Waals surface area contributed by atoms with Gasteiger partial charge in [-0.05, 0) is 95.9 Å². The van der Waals surface area contributed by atoms with Gasteiger partial charge in [-0.25, -0.2) is 19.2 Å². The topological polar surface area (TPSA) is 127 Å². The fourth-order valence-electron chi connectivity index (χ4n) is 3.47. The van der Waals surface area contributed by atoms with E-state index in [1.807, 2.05) is 0 Å². The number of ether oxygens (including phenoxy) is 4. The summed E-state index contributed by atoms with van der Waals surface area (Å²) in [5.41, 5.74) is -2.66. The molecule has 0 aromatic heterocycles. The van der Waals surface area contributed by atoms with Crippen molar-refractivity contribution < 1.29 is 38.1 Å². The SMILES string of the molecule is C#CCN(CCCN(CC=CCN(CCCNC(=O)OC(C)(C)C)C(=O)OC(C)(C)C)C(=O)OC(C)(C)C)C(=O)OC(C)(C)C. The van der Waals surface area contributed by atoms with E-state index >= 15 is 0 Å². The molecule has 0 saturated carbocycles. The minimum atomic E-state index is -0.702. The first-order valence-corrected chi connectivity index (χ1v) is 15.4. The van der Waals surface area contributed by atoms with Crippen LogP contribution in [0.15, 0.2) is 12.2 Å². The van der Waals surface area contributed by atoms with Gasteiger partial charge in [0.2, 0.25) is 0 Å². The zero-order chi connectivity index (χ0) is 35.1. The molecule has 0 atom stereocenters. The number of hydrogen-bond acceptors (Lipinski definition) is 8. The Kier molecular flexibility index (Phi) is 16.9. The van der Waals surface area contributed by atoms with Gasteiger partial charge < -0.3 is 34.1 Å². The molecule has 0 aliphatic rings. The molecule has 12 nitrogen and oxygen atoms in total. The van der Waals surface area contributed by atoms with Gasteiger partial charge in [0.05, 0.1) is 6.54 Å². The van der Waals surface area contributed by atoms with Crippen LogP contribution in [0.3, 0.4) is 0 Å². The number of nitrogens with zero attached hydrogens (tertiary/aromatic N) is 3. The van der Waals surface area contributed by atoms with E-state index in [1.165, 1.54) is 14.7 Å². The molecule has 12 heteroatoms. The molecule has 0 spiro atoms. The normalized spacial score (nSPS) is 12.2. The van der Waals surface area contributed by atoms with E-state index in [-0.39, 0.29) is 32.7 Å². The summed E-state index contributed by atoms with van der Waals surface area (Å²) < 4.78 is 21.8. The van der Waals surface area contributed by atoms with Gasteiger partial charge in [0.1, 0.15) is 22.4 Å². The number of alkyl carbamates (subject to hydrolysis) is 1. The van der Waals surface area contributed by atoms with E-state index in [1.54, 1.807) is 95.2 Å². The monoisotopic (exact) mass is 638 g/mol. The van der Waals surface area contributed by atoms with Gasteiger partial charge in [0.15, 0.2) is 0 Å². The van der Waals surface area contributed by atoms with Crippen molar-refractivity contribution in [2.75, 3.05) is 45.8 Å². The number of carbonyl (C=O) groups excluding carboxylic acids is 4. The van der Waals surface area contributed by atoms with E-state index in [0.29, 0.717) is 25.9 Å². The summed E-state index contributed by atoms with van der Waals surface area (Å²) in [5, 5.41) is 2.69. The molecular weight excluding hydrogens is 580 g/mol. The van der Waals surface area contributed by atoms with Gasteiger partial charge in [0, 0.05) is 39.3 Å². The highest BCUT2D eigenvalue weighted by Crippen LogP contribution is 2.14. The first-order chi connectivity index (χ1) is 20.4. The molecule has 0 unspecified atom stereocenters. The molecule has 258 valence electrons. The molecule has 0 aromatic rings. The van der Waals surface area contributed by atoms with E-state index in [9.17, 15) is 19.2 Å². The Labute approximate surface area is 271 Å². The third-order valence-corrected chi connectivity index (χ3v) is 5.18.